The largest absolute Gasteiger partial charge is 0.361 e. The molecule has 0 unspecified atom stereocenters. The molecule has 0 aliphatic carbocycles. The van der Waals surface area contributed by atoms with Gasteiger partial charge in [-0.15, -0.1) is 0 Å². The normalized spacial score (nSPS) is 12.1. The molecule has 0 aliphatic rings. The van der Waals surface area contributed by atoms with Gasteiger partial charge < -0.3 is 10.3 Å². The number of hydrogen-bond acceptors (Lipinski definition) is 5. The number of aromatic amines is 1. The van der Waals surface area contributed by atoms with Gasteiger partial charge in [0.05, 0.1) is 32.8 Å². The van der Waals surface area contributed by atoms with Crippen LogP contribution >= 0.6 is 0 Å². The van der Waals surface area contributed by atoms with Gasteiger partial charge in [-0.1, -0.05) is 19.1 Å². The van der Waals surface area contributed by atoms with Crippen LogP contribution in [0.2, 0.25) is 0 Å². The van der Waals surface area contributed by atoms with Gasteiger partial charge in [0, 0.05) is 18.3 Å². The Labute approximate surface area is 177 Å². The highest BCUT2D eigenvalue weighted by atomic mass is 16.1. The number of nitrogens with zero attached hydrogens (tertiary/aromatic N) is 4. The van der Waals surface area contributed by atoms with E-state index < -0.39 is 0 Å². The lowest BCUT2D eigenvalue weighted by Crippen LogP contribution is -2.34. The van der Waals surface area contributed by atoms with Crippen LogP contribution in [0.4, 0.5) is 5.69 Å². The quantitative estimate of drug-likeness (QED) is 0.475. The van der Waals surface area contributed by atoms with E-state index >= 15 is 0 Å². The third kappa shape index (κ3) is 3.01. The van der Waals surface area contributed by atoms with E-state index in [0.29, 0.717) is 33.0 Å². The molecule has 0 radical (unpaired) electrons. The van der Waals surface area contributed by atoms with Gasteiger partial charge in [-0.3, -0.25) is 9.20 Å². The van der Waals surface area contributed by atoms with Crippen molar-refractivity contribution in [3.63, 3.8) is 0 Å². The zero-order valence-electron chi connectivity index (χ0n) is 17.2. The maximum atomic E-state index is 13.3. The summed E-state index contributed by atoms with van der Waals surface area (Å²) in [7, 11) is 0. The molecule has 31 heavy (non-hydrogen) atoms. The summed E-state index contributed by atoms with van der Waals surface area (Å²) < 4.78 is 1.52. The third-order valence-corrected chi connectivity index (χ3v) is 5.51. The highest BCUT2D eigenvalue weighted by Gasteiger charge is 2.16. The summed E-state index contributed by atoms with van der Waals surface area (Å²) in [5.41, 5.74) is 5.25. The predicted molar refractivity (Wildman–Crippen MR) is 122 cm³/mol. The molecule has 7 heteroatoms. The molecule has 0 saturated carbocycles. The van der Waals surface area contributed by atoms with Crippen LogP contribution in [-0.2, 0) is 6.42 Å². The smallest absolute Gasteiger partial charge is 0.265 e. The topological polar surface area (TPSA) is 98.9 Å². The number of H-pyrrole nitrogens is 1. The van der Waals surface area contributed by atoms with Crippen LogP contribution < -0.4 is 16.1 Å². The highest BCUT2D eigenvalue weighted by Crippen LogP contribution is 2.19. The molecule has 7 nitrogen and oxygen atoms in total. The van der Waals surface area contributed by atoms with E-state index in [-0.39, 0.29) is 5.56 Å². The summed E-state index contributed by atoms with van der Waals surface area (Å²) in [6.45, 7) is 3.90. The summed E-state index contributed by atoms with van der Waals surface area (Å²) in [5.74, 6) is 0.965. The van der Waals surface area contributed by atoms with Gasteiger partial charge in [0.1, 0.15) is 11.9 Å². The van der Waals surface area contributed by atoms with Crippen LogP contribution in [0.1, 0.15) is 30.3 Å². The van der Waals surface area contributed by atoms with Crippen LogP contribution in [0.5, 0.6) is 0 Å². The number of nitriles is 1. The molecule has 2 N–H and O–H groups in total. The van der Waals surface area contributed by atoms with Gasteiger partial charge in [-0.05, 0) is 49.2 Å². The van der Waals surface area contributed by atoms with E-state index in [4.69, 9.17) is 0 Å². The molecule has 5 aromatic rings. The van der Waals surface area contributed by atoms with Gasteiger partial charge in [-0.2, -0.15) is 5.26 Å². The minimum absolute atomic E-state index is 0.208. The summed E-state index contributed by atoms with van der Waals surface area (Å²) in [6.07, 6.45) is 3.59. The lowest BCUT2D eigenvalue weighted by atomic mass is 10.1. The van der Waals surface area contributed by atoms with Crippen LogP contribution in [0.25, 0.3) is 33.9 Å². The van der Waals surface area contributed by atoms with E-state index in [1.807, 2.05) is 42.5 Å². The lowest BCUT2D eigenvalue weighted by Gasteiger charge is -2.04. The summed E-state index contributed by atoms with van der Waals surface area (Å²) in [5, 5.41) is 13.4. The van der Waals surface area contributed by atoms with E-state index in [1.165, 1.54) is 4.40 Å². The Hall–Kier alpha value is -4.18. The first kappa shape index (κ1) is 18.8. The first-order valence-corrected chi connectivity index (χ1v) is 10.2. The molecule has 152 valence electrons. The zero-order valence-corrected chi connectivity index (χ0v) is 17.2. The second-order valence-corrected chi connectivity index (χ2v) is 7.54. The molecule has 0 amide bonds. The molecular weight excluding hydrogens is 388 g/mol. The molecule has 0 saturated heterocycles. The molecule has 0 bridgehead atoms. The number of fused-ring (bicyclic) bond motifs is 4. The molecule has 0 atom stereocenters. The fourth-order valence-corrected chi connectivity index (χ4v) is 3.95. The molecule has 5 rings (SSSR count). The molecule has 3 aromatic heterocycles. The monoisotopic (exact) mass is 408 g/mol. The van der Waals surface area contributed by atoms with Crippen molar-refractivity contribution in [3.05, 3.63) is 75.0 Å². The van der Waals surface area contributed by atoms with Crippen LogP contribution in [0, 0.1) is 18.3 Å². The van der Waals surface area contributed by atoms with E-state index in [9.17, 15) is 10.1 Å². The van der Waals surface area contributed by atoms with Gasteiger partial charge in [0.15, 0.2) is 5.65 Å². The Morgan fingerprint density at radius 1 is 1.19 bits per heavy atom. The average Bonchev–Trinajstić information content (AvgIpc) is 3.34. The lowest BCUT2D eigenvalue weighted by molar-refractivity contribution is 0.861. The highest BCUT2D eigenvalue weighted by molar-refractivity contribution is 5.83. The van der Waals surface area contributed by atoms with Gasteiger partial charge in [0.2, 0.25) is 0 Å². The molecule has 0 fully saturated rings. The summed E-state index contributed by atoms with van der Waals surface area (Å²) in [6, 6.07) is 15.5. The minimum Gasteiger partial charge on any atom is -0.361 e. The Kier molecular flexibility index (Phi) is 4.41. The number of aromatic nitrogens is 4. The Balaban J connectivity index is 1.66. The van der Waals surface area contributed by atoms with Crippen molar-refractivity contribution in [2.24, 2.45) is 0 Å². The third-order valence-electron chi connectivity index (χ3n) is 5.51. The number of nitrogens with one attached hydrogen (secondary N) is 2. The first-order valence-electron chi connectivity index (χ1n) is 10.2. The molecular formula is C24H20N6O. The van der Waals surface area contributed by atoms with Crippen molar-refractivity contribution in [1.29, 1.82) is 5.26 Å². The van der Waals surface area contributed by atoms with E-state index in [2.05, 4.69) is 33.3 Å². The summed E-state index contributed by atoms with van der Waals surface area (Å²) in [4.78, 5) is 25.8. The number of imidazole rings is 2. The van der Waals surface area contributed by atoms with E-state index in [0.717, 1.165) is 35.4 Å². The number of rotatable bonds is 4. The predicted octanol–water partition coefficient (Wildman–Crippen LogP) is 3.43. The Bertz CT molecular complexity index is 1620. The number of anilines is 1. The van der Waals surface area contributed by atoms with Crippen molar-refractivity contribution < 1.29 is 0 Å². The fourth-order valence-electron chi connectivity index (χ4n) is 3.95. The number of benzene rings is 2. The van der Waals surface area contributed by atoms with Crippen molar-refractivity contribution in [3.8, 4) is 6.07 Å². The SMILES string of the molecule is CCCc1nc2ccc(N/C=c3\c(C)c(C#N)c4nc5ccccc5n4c3=O)cc2[nH]1. The number of pyridine rings is 1. The number of para-hydroxylation sites is 2. The second kappa shape index (κ2) is 7.26. The maximum absolute atomic E-state index is 13.3. The van der Waals surface area contributed by atoms with Crippen LogP contribution in [-0.4, -0.2) is 19.4 Å². The average molecular weight is 408 g/mol. The molecule has 3 heterocycles. The van der Waals surface area contributed by atoms with E-state index in [1.54, 1.807) is 13.1 Å². The Morgan fingerprint density at radius 2 is 2.03 bits per heavy atom. The minimum atomic E-state index is -0.208. The van der Waals surface area contributed by atoms with Crippen molar-refractivity contribution in [2.45, 2.75) is 26.7 Å². The maximum Gasteiger partial charge on any atom is 0.265 e. The Morgan fingerprint density at radius 3 is 2.84 bits per heavy atom. The van der Waals surface area contributed by atoms with Crippen molar-refractivity contribution in [2.75, 3.05) is 5.32 Å². The standard InChI is InChI=1S/C24H20N6O/c1-3-6-22-27-18-10-9-15(11-20(18)28-22)26-13-17-14(2)16(12-25)23-29-19-7-4-5-8-21(19)30(23)24(17)31/h4-5,7-11,13,26H,3,6H2,1-2H3,(H,27,28)/b17-13+. The molecule has 0 aliphatic heterocycles. The number of aryl methyl sites for hydroxylation is 1. The second-order valence-electron chi connectivity index (χ2n) is 7.54. The zero-order chi connectivity index (χ0) is 21.5. The van der Waals surface area contributed by atoms with Crippen molar-refractivity contribution >= 4 is 39.6 Å². The van der Waals surface area contributed by atoms with Crippen LogP contribution in [0.15, 0.2) is 47.3 Å². The van der Waals surface area contributed by atoms with Gasteiger partial charge >= 0.3 is 0 Å². The summed E-state index contributed by atoms with van der Waals surface area (Å²) >= 11 is 0. The molecule has 2 aromatic carbocycles. The fraction of sp³-hybridized carbons (Fsp3) is 0.167. The number of hydrogen-bond donors (Lipinski definition) is 2. The van der Waals surface area contributed by atoms with Gasteiger partial charge in [0.25, 0.3) is 5.56 Å². The molecule has 0 spiro atoms. The first-order chi connectivity index (χ1) is 15.1. The van der Waals surface area contributed by atoms with Gasteiger partial charge in [-0.25, -0.2) is 9.97 Å². The van der Waals surface area contributed by atoms with Crippen molar-refractivity contribution in [1.82, 2.24) is 19.4 Å². The van der Waals surface area contributed by atoms with Crippen LogP contribution in [0.3, 0.4) is 0 Å².